The van der Waals surface area contributed by atoms with Crippen LogP contribution < -0.4 is 16.9 Å². The number of fused-ring (bicyclic) bond motifs is 1. The molecule has 21 heavy (non-hydrogen) atoms. The van der Waals surface area contributed by atoms with Crippen molar-refractivity contribution in [3.8, 4) is 0 Å². The molecule has 1 aromatic heterocycles. The fourth-order valence-electron chi connectivity index (χ4n) is 2.12. The largest absolute Gasteiger partial charge is 0.480 e. The van der Waals surface area contributed by atoms with E-state index in [1.807, 2.05) is 0 Å². The highest BCUT2D eigenvalue weighted by molar-refractivity contribution is 5.78. The van der Waals surface area contributed by atoms with Crippen molar-refractivity contribution in [1.29, 1.82) is 0 Å². The molecule has 0 spiro atoms. The van der Waals surface area contributed by atoms with Gasteiger partial charge >= 0.3 is 5.97 Å². The van der Waals surface area contributed by atoms with Crippen LogP contribution in [0.2, 0.25) is 0 Å². The Kier molecular flexibility index (Phi) is 4.72. The first-order valence-electron chi connectivity index (χ1n) is 6.75. The van der Waals surface area contributed by atoms with Gasteiger partial charge in [0.1, 0.15) is 17.4 Å². The lowest BCUT2D eigenvalue weighted by molar-refractivity contribution is -0.138. The summed E-state index contributed by atoms with van der Waals surface area (Å²) in [5, 5.41) is 9.25. The van der Waals surface area contributed by atoms with Crippen LogP contribution in [-0.2, 0) is 17.6 Å². The van der Waals surface area contributed by atoms with Gasteiger partial charge in [-0.05, 0) is 37.1 Å². The summed E-state index contributed by atoms with van der Waals surface area (Å²) in [4.78, 5) is 22.9. The third-order valence-corrected chi connectivity index (χ3v) is 3.24. The molecule has 112 valence electrons. The zero-order valence-corrected chi connectivity index (χ0v) is 11.5. The fraction of sp³-hybridized carbons (Fsp3) is 0.333. The molecule has 0 bridgehead atoms. The lowest BCUT2D eigenvalue weighted by Gasteiger charge is -2.08. The Hall–Kier alpha value is -2.18. The summed E-state index contributed by atoms with van der Waals surface area (Å²) < 4.78 is 5.65. The van der Waals surface area contributed by atoms with Crippen LogP contribution in [0.25, 0.3) is 11.0 Å². The molecule has 0 saturated carbocycles. The molecule has 0 aliphatic carbocycles. The van der Waals surface area contributed by atoms with Crippen LogP contribution in [0.1, 0.15) is 17.7 Å². The van der Waals surface area contributed by atoms with Gasteiger partial charge in [-0.3, -0.25) is 9.59 Å². The van der Waals surface area contributed by atoms with Gasteiger partial charge in [0.25, 0.3) is 0 Å². The average molecular weight is 290 g/mol. The van der Waals surface area contributed by atoms with Crippen LogP contribution in [-0.4, -0.2) is 23.7 Å². The maximum atomic E-state index is 12.1. The Balaban J connectivity index is 2.33. The minimum Gasteiger partial charge on any atom is -0.480 e. The van der Waals surface area contributed by atoms with E-state index in [1.54, 1.807) is 18.2 Å². The van der Waals surface area contributed by atoms with Crippen molar-refractivity contribution in [3.05, 3.63) is 45.8 Å². The second-order valence-corrected chi connectivity index (χ2v) is 4.95. The molecule has 0 aliphatic heterocycles. The monoisotopic (exact) mass is 290 g/mol. The van der Waals surface area contributed by atoms with E-state index in [2.05, 4.69) is 0 Å². The summed E-state index contributed by atoms with van der Waals surface area (Å²) in [5.74, 6) is -0.466. The zero-order valence-electron chi connectivity index (χ0n) is 11.5. The Morgan fingerprint density at radius 3 is 2.76 bits per heavy atom. The van der Waals surface area contributed by atoms with Crippen molar-refractivity contribution in [1.82, 2.24) is 0 Å². The van der Waals surface area contributed by atoms with Gasteiger partial charge in [-0.15, -0.1) is 0 Å². The summed E-state index contributed by atoms with van der Waals surface area (Å²) in [6.07, 6.45) is 1.53. The van der Waals surface area contributed by atoms with Gasteiger partial charge in [-0.2, -0.15) is 0 Å². The van der Waals surface area contributed by atoms with Crippen LogP contribution in [0.5, 0.6) is 0 Å². The molecule has 6 heteroatoms. The Bertz CT molecular complexity index is 708. The van der Waals surface area contributed by atoms with Crippen molar-refractivity contribution in [2.45, 2.75) is 25.3 Å². The van der Waals surface area contributed by atoms with Crippen molar-refractivity contribution < 1.29 is 14.3 Å². The van der Waals surface area contributed by atoms with Crippen LogP contribution in [0.4, 0.5) is 0 Å². The number of hydrogen-bond donors (Lipinski definition) is 3. The van der Waals surface area contributed by atoms with E-state index in [9.17, 15) is 9.59 Å². The van der Waals surface area contributed by atoms with E-state index in [-0.39, 0.29) is 11.8 Å². The fourth-order valence-corrected chi connectivity index (χ4v) is 2.12. The second-order valence-electron chi connectivity index (χ2n) is 4.95. The Morgan fingerprint density at radius 2 is 2.10 bits per heavy atom. The van der Waals surface area contributed by atoms with E-state index in [0.717, 1.165) is 6.42 Å². The summed E-state index contributed by atoms with van der Waals surface area (Å²) in [6, 6.07) is 5.50. The van der Waals surface area contributed by atoms with Gasteiger partial charge in [0.15, 0.2) is 5.43 Å². The van der Waals surface area contributed by atoms with Crippen LogP contribution in [0.3, 0.4) is 0 Å². The number of hydrogen-bond acceptors (Lipinski definition) is 5. The number of aryl methyl sites for hydroxylation is 1. The smallest absolute Gasteiger partial charge is 0.320 e. The molecule has 1 heterocycles. The van der Waals surface area contributed by atoms with Gasteiger partial charge in [0, 0.05) is 12.5 Å². The van der Waals surface area contributed by atoms with Gasteiger partial charge < -0.3 is 21.0 Å². The van der Waals surface area contributed by atoms with E-state index in [0.29, 0.717) is 35.3 Å². The Morgan fingerprint density at radius 1 is 1.33 bits per heavy atom. The van der Waals surface area contributed by atoms with Gasteiger partial charge in [0.05, 0.1) is 5.39 Å². The van der Waals surface area contributed by atoms with Crippen molar-refractivity contribution in [2.24, 2.45) is 11.5 Å². The van der Waals surface area contributed by atoms with Gasteiger partial charge in [0.2, 0.25) is 0 Å². The SMILES string of the molecule is NCCCc1cc(=O)c2cc(CC(N)C(=O)O)ccc2o1. The molecule has 2 aromatic rings. The minimum atomic E-state index is -1.07. The third kappa shape index (κ3) is 3.68. The highest BCUT2D eigenvalue weighted by Gasteiger charge is 2.13. The number of carbonyl (C=O) groups is 1. The molecule has 0 radical (unpaired) electrons. The zero-order chi connectivity index (χ0) is 15.4. The predicted octanol–water partition coefficient (Wildman–Crippen LogP) is 0.639. The molecule has 1 unspecified atom stereocenters. The van der Waals surface area contributed by atoms with E-state index < -0.39 is 12.0 Å². The molecular weight excluding hydrogens is 272 g/mol. The normalized spacial score (nSPS) is 12.5. The van der Waals surface area contributed by atoms with E-state index in [4.69, 9.17) is 21.0 Å². The number of benzene rings is 1. The molecule has 0 amide bonds. The number of nitrogens with two attached hydrogens (primary N) is 2. The van der Waals surface area contributed by atoms with E-state index >= 15 is 0 Å². The lowest BCUT2D eigenvalue weighted by atomic mass is 10.0. The third-order valence-electron chi connectivity index (χ3n) is 3.24. The molecule has 0 aliphatic rings. The summed E-state index contributed by atoms with van der Waals surface area (Å²) in [5.41, 5.74) is 12.0. The first kappa shape index (κ1) is 15.2. The predicted molar refractivity (Wildman–Crippen MR) is 79.2 cm³/mol. The van der Waals surface area contributed by atoms with Crippen molar-refractivity contribution >= 4 is 16.9 Å². The quantitative estimate of drug-likeness (QED) is 0.718. The first-order valence-corrected chi connectivity index (χ1v) is 6.75. The number of carboxylic acid groups (broad SMARTS) is 1. The van der Waals surface area contributed by atoms with Gasteiger partial charge in [-0.1, -0.05) is 6.07 Å². The molecule has 2 rings (SSSR count). The maximum Gasteiger partial charge on any atom is 0.320 e. The van der Waals surface area contributed by atoms with Crippen molar-refractivity contribution in [2.75, 3.05) is 6.54 Å². The Labute approximate surface area is 121 Å². The molecular formula is C15H18N2O4. The summed E-state index contributed by atoms with van der Waals surface area (Å²) in [7, 11) is 0. The molecule has 5 N–H and O–H groups in total. The summed E-state index contributed by atoms with van der Waals surface area (Å²) >= 11 is 0. The molecule has 0 fully saturated rings. The topological polar surface area (TPSA) is 120 Å². The highest BCUT2D eigenvalue weighted by Crippen LogP contribution is 2.16. The molecule has 6 nitrogen and oxygen atoms in total. The van der Waals surface area contributed by atoms with Crippen LogP contribution in [0.15, 0.2) is 33.5 Å². The lowest BCUT2D eigenvalue weighted by Crippen LogP contribution is -2.32. The maximum absolute atomic E-state index is 12.1. The highest BCUT2D eigenvalue weighted by atomic mass is 16.4. The summed E-state index contributed by atoms with van der Waals surface area (Å²) in [6.45, 7) is 0.535. The van der Waals surface area contributed by atoms with Crippen LogP contribution in [0, 0.1) is 0 Å². The van der Waals surface area contributed by atoms with E-state index in [1.165, 1.54) is 6.07 Å². The van der Waals surface area contributed by atoms with Gasteiger partial charge in [-0.25, -0.2) is 0 Å². The average Bonchev–Trinajstić information content (AvgIpc) is 2.45. The first-order chi connectivity index (χ1) is 10.0. The van der Waals surface area contributed by atoms with Crippen molar-refractivity contribution in [3.63, 3.8) is 0 Å². The molecule has 1 atom stereocenters. The minimum absolute atomic E-state index is 0.144. The number of carboxylic acids is 1. The number of aliphatic carboxylic acids is 1. The number of rotatable bonds is 6. The second kappa shape index (κ2) is 6.51. The standard InChI is InChI=1S/C15H18N2O4/c16-5-1-2-10-8-13(18)11-6-9(3-4-14(11)21-10)7-12(17)15(19)20/h3-4,6,8,12H,1-2,5,7,16-17H2,(H,19,20). The van der Waals surface area contributed by atoms with Crippen LogP contribution >= 0.6 is 0 Å². The molecule has 1 aromatic carbocycles. The molecule has 0 saturated heterocycles.